The predicted octanol–water partition coefficient (Wildman–Crippen LogP) is 5.00. The van der Waals surface area contributed by atoms with Crippen LogP contribution < -0.4 is 9.46 Å². The molecule has 0 bridgehead atoms. The summed E-state index contributed by atoms with van der Waals surface area (Å²) in [7, 11) is -1.51. The number of hydrogen-bond donors (Lipinski definition) is 1. The van der Waals surface area contributed by atoms with E-state index in [1.54, 1.807) is 6.07 Å². The number of amides is 1. The highest BCUT2D eigenvalue weighted by molar-refractivity contribution is 7.93. The van der Waals surface area contributed by atoms with Gasteiger partial charge >= 0.3 is 0 Å². The smallest absolute Gasteiger partial charge is 0.257 e. The summed E-state index contributed by atoms with van der Waals surface area (Å²) in [4.78, 5) is 11.9. The number of carbonyl (C=O) groups is 1. The fourth-order valence-corrected chi connectivity index (χ4v) is 5.19. The Morgan fingerprint density at radius 3 is 2.61 bits per heavy atom. The van der Waals surface area contributed by atoms with Crippen LogP contribution in [-0.2, 0) is 22.2 Å². The lowest BCUT2D eigenvalue weighted by atomic mass is 9.94. The Bertz CT molecular complexity index is 1250. The minimum absolute atomic E-state index is 0.0854. The highest BCUT2D eigenvalue weighted by Crippen LogP contribution is 2.41. The van der Waals surface area contributed by atoms with Gasteiger partial charge in [0.15, 0.2) is 11.0 Å². The molecule has 6 heteroatoms. The van der Waals surface area contributed by atoms with Gasteiger partial charge in [0.05, 0.1) is 4.91 Å². The van der Waals surface area contributed by atoms with Crippen LogP contribution in [0.2, 0.25) is 0 Å². The molecule has 0 aromatic heterocycles. The van der Waals surface area contributed by atoms with Crippen molar-refractivity contribution in [2.45, 2.75) is 25.9 Å². The third-order valence-electron chi connectivity index (χ3n) is 5.78. The molecule has 31 heavy (non-hydrogen) atoms. The number of nitrogens with one attached hydrogen (secondary N) is 1. The van der Waals surface area contributed by atoms with Crippen LogP contribution >= 0.6 is 0 Å². The van der Waals surface area contributed by atoms with Gasteiger partial charge in [0.25, 0.3) is 5.91 Å². The molecule has 2 aliphatic rings. The monoisotopic (exact) mass is 433 g/mol. The number of hydrogen-bond acceptors (Lipinski definition) is 3. The number of carbonyl (C=O) groups excluding carboxylic acids is 1. The summed E-state index contributed by atoms with van der Waals surface area (Å²) in [6.07, 6.45) is 2.98. The lowest BCUT2D eigenvalue weighted by molar-refractivity contribution is -0.114. The Hall–Kier alpha value is -3.25. The van der Waals surface area contributed by atoms with Crippen LogP contribution in [0.25, 0.3) is 16.0 Å². The highest BCUT2D eigenvalue weighted by Gasteiger charge is 2.27. The molecule has 1 amide bonds. The van der Waals surface area contributed by atoms with Crippen LogP contribution in [0, 0.1) is 12.7 Å². The topological polar surface area (TPSA) is 55.4 Å². The maximum absolute atomic E-state index is 13.9. The van der Waals surface area contributed by atoms with Crippen molar-refractivity contribution in [2.24, 2.45) is 0 Å². The molecule has 1 unspecified atom stereocenters. The Morgan fingerprint density at radius 2 is 1.87 bits per heavy atom. The van der Waals surface area contributed by atoms with Crippen molar-refractivity contribution in [2.75, 3.05) is 0 Å². The fourth-order valence-electron chi connectivity index (χ4n) is 4.28. The molecule has 4 nitrogen and oxygen atoms in total. The van der Waals surface area contributed by atoms with Crippen LogP contribution in [0.15, 0.2) is 66.7 Å². The fraction of sp³-hybridized carbons (Fsp3) is 0.160. The summed E-state index contributed by atoms with van der Waals surface area (Å²) in [5.74, 6) is 0.123. The molecule has 0 saturated heterocycles. The number of ether oxygens (including phenoxy) is 1. The van der Waals surface area contributed by atoms with Gasteiger partial charge in [-0.15, -0.1) is 0 Å². The highest BCUT2D eigenvalue weighted by atomic mass is 32.2. The molecule has 0 spiro atoms. The molecule has 0 radical (unpaired) electrons. The van der Waals surface area contributed by atoms with Crippen LogP contribution in [0.5, 0.6) is 5.75 Å². The van der Waals surface area contributed by atoms with Crippen molar-refractivity contribution in [3.8, 4) is 16.9 Å². The Labute approximate surface area is 182 Å². The van der Waals surface area contributed by atoms with E-state index in [4.69, 9.17) is 4.74 Å². The lowest BCUT2D eigenvalue weighted by Crippen LogP contribution is -2.16. The van der Waals surface area contributed by atoms with Gasteiger partial charge in [-0.05, 0) is 77.4 Å². The van der Waals surface area contributed by atoms with Crippen LogP contribution in [0.1, 0.15) is 34.8 Å². The Morgan fingerprint density at radius 1 is 1.06 bits per heavy atom. The standard InChI is InChI=1S/C25H20FNO3S/c1-15-5-8-17(26)13-22(15)19-3-2-4-21-20(19)11-12-23(21)30-18-9-6-16(7-10-18)24-14-25(28)27-31(24)29/h2-10,13-14,23H,11-12H2,1H3,(H,27,28)/t23-,31?/m1/s1. The summed E-state index contributed by atoms with van der Waals surface area (Å²) >= 11 is 0. The van der Waals surface area contributed by atoms with Gasteiger partial charge in [0.1, 0.15) is 17.7 Å². The Kier molecular flexibility index (Phi) is 4.94. The van der Waals surface area contributed by atoms with E-state index in [2.05, 4.69) is 10.8 Å². The first-order chi connectivity index (χ1) is 15.0. The molecule has 1 N–H and O–H groups in total. The number of benzene rings is 3. The normalized spacial score (nSPS) is 19.7. The molecule has 1 heterocycles. The lowest BCUT2D eigenvalue weighted by Gasteiger charge is -2.17. The first-order valence-corrected chi connectivity index (χ1v) is 11.2. The molecule has 2 atom stereocenters. The SMILES string of the molecule is Cc1ccc(F)cc1-c1cccc2c1CC[C@H]2Oc1ccc(C2=CC(=O)NS2=O)cc1. The maximum atomic E-state index is 13.9. The van der Waals surface area contributed by atoms with Crippen molar-refractivity contribution in [1.82, 2.24) is 4.72 Å². The minimum Gasteiger partial charge on any atom is -0.486 e. The number of aryl methyl sites for hydroxylation is 1. The van der Waals surface area contributed by atoms with E-state index in [9.17, 15) is 13.4 Å². The third-order valence-corrected chi connectivity index (χ3v) is 6.92. The van der Waals surface area contributed by atoms with E-state index in [1.807, 2.05) is 49.4 Å². The number of fused-ring (bicyclic) bond motifs is 1. The molecule has 0 fully saturated rings. The molecular formula is C25H20FNO3S. The van der Waals surface area contributed by atoms with E-state index in [1.165, 1.54) is 17.7 Å². The summed E-state index contributed by atoms with van der Waals surface area (Å²) in [5.41, 5.74) is 6.07. The van der Waals surface area contributed by atoms with Crippen LogP contribution in [0.4, 0.5) is 4.39 Å². The molecule has 1 aliphatic heterocycles. The molecule has 1 aliphatic carbocycles. The van der Waals surface area contributed by atoms with Crippen molar-refractivity contribution in [3.63, 3.8) is 0 Å². The number of halogens is 1. The minimum atomic E-state index is -1.51. The van der Waals surface area contributed by atoms with Gasteiger partial charge in [0.2, 0.25) is 0 Å². The van der Waals surface area contributed by atoms with E-state index < -0.39 is 11.0 Å². The molecule has 156 valence electrons. The van der Waals surface area contributed by atoms with E-state index >= 15 is 0 Å². The quantitative estimate of drug-likeness (QED) is 0.630. The summed E-state index contributed by atoms with van der Waals surface area (Å²) in [6, 6.07) is 18.3. The molecular weight excluding hydrogens is 413 g/mol. The van der Waals surface area contributed by atoms with Gasteiger partial charge in [0, 0.05) is 6.08 Å². The molecule has 0 saturated carbocycles. The average Bonchev–Trinajstić information content (AvgIpc) is 3.33. The molecule has 5 rings (SSSR count). The zero-order chi connectivity index (χ0) is 21.5. The van der Waals surface area contributed by atoms with Gasteiger partial charge < -0.3 is 4.74 Å². The van der Waals surface area contributed by atoms with Gasteiger partial charge in [-0.2, -0.15) is 0 Å². The van der Waals surface area contributed by atoms with Crippen molar-refractivity contribution >= 4 is 21.8 Å². The summed E-state index contributed by atoms with van der Waals surface area (Å²) in [5, 5.41) is 0. The maximum Gasteiger partial charge on any atom is 0.257 e. The van der Waals surface area contributed by atoms with E-state index in [-0.39, 0.29) is 17.8 Å². The summed E-state index contributed by atoms with van der Waals surface area (Å²) < 4.78 is 34.4. The predicted molar refractivity (Wildman–Crippen MR) is 119 cm³/mol. The second-order valence-electron chi connectivity index (χ2n) is 7.75. The first-order valence-electron chi connectivity index (χ1n) is 10.1. The van der Waals surface area contributed by atoms with Crippen LogP contribution in [0.3, 0.4) is 0 Å². The van der Waals surface area contributed by atoms with E-state index in [0.717, 1.165) is 40.7 Å². The van der Waals surface area contributed by atoms with Crippen molar-refractivity contribution in [1.29, 1.82) is 0 Å². The second kappa shape index (κ2) is 7.78. The van der Waals surface area contributed by atoms with Gasteiger partial charge in [-0.25, -0.2) is 8.60 Å². The van der Waals surface area contributed by atoms with Gasteiger partial charge in [-0.1, -0.05) is 36.4 Å². The second-order valence-corrected chi connectivity index (χ2v) is 8.93. The largest absolute Gasteiger partial charge is 0.486 e. The van der Waals surface area contributed by atoms with E-state index in [0.29, 0.717) is 10.7 Å². The van der Waals surface area contributed by atoms with Crippen molar-refractivity contribution in [3.05, 3.63) is 94.8 Å². The Balaban J connectivity index is 1.40. The zero-order valence-electron chi connectivity index (χ0n) is 16.9. The van der Waals surface area contributed by atoms with Gasteiger partial charge in [-0.3, -0.25) is 9.52 Å². The van der Waals surface area contributed by atoms with Crippen molar-refractivity contribution < 1.29 is 18.1 Å². The first kappa shape index (κ1) is 19.7. The molecule has 3 aromatic rings. The van der Waals surface area contributed by atoms with Crippen LogP contribution in [-0.4, -0.2) is 10.1 Å². The zero-order valence-corrected chi connectivity index (χ0v) is 17.7. The number of rotatable bonds is 4. The third kappa shape index (κ3) is 3.68. The summed E-state index contributed by atoms with van der Waals surface area (Å²) in [6.45, 7) is 1.99. The average molecular weight is 434 g/mol. The molecule has 3 aromatic carbocycles.